The van der Waals surface area contributed by atoms with Crippen LogP contribution in [0.3, 0.4) is 0 Å². The van der Waals surface area contributed by atoms with Gasteiger partial charge in [0.15, 0.2) is 0 Å². The van der Waals surface area contributed by atoms with Gasteiger partial charge in [0.25, 0.3) is 0 Å². The van der Waals surface area contributed by atoms with Crippen molar-refractivity contribution in [2.24, 2.45) is 10.1 Å². The summed E-state index contributed by atoms with van der Waals surface area (Å²) in [5.74, 6) is 1.46. The molecule has 0 N–H and O–H groups in total. The molecule has 0 bridgehead atoms. The zero-order valence-corrected chi connectivity index (χ0v) is 18.9. The molecule has 0 radical (unpaired) electrons. The van der Waals surface area contributed by atoms with E-state index >= 15 is 0 Å². The average Bonchev–Trinajstić information content (AvgIpc) is 3.14. The highest BCUT2D eigenvalue weighted by Gasteiger charge is 2.14. The van der Waals surface area contributed by atoms with Gasteiger partial charge in [-0.15, -0.1) is 11.3 Å². The van der Waals surface area contributed by atoms with Crippen LogP contribution in [0.25, 0.3) is 11.3 Å². The summed E-state index contributed by atoms with van der Waals surface area (Å²) in [6.45, 7) is 10.6. The van der Waals surface area contributed by atoms with Gasteiger partial charge in [0, 0.05) is 17.0 Å². The summed E-state index contributed by atoms with van der Waals surface area (Å²) in [4.78, 5) is 5.49. The minimum absolute atomic E-state index is 0.554. The second kappa shape index (κ2) is 9.59. The number of aryl methyl sites for hydroxylation is 2. The highest BCUT2D eigenvalue weighted by Crippen LogP contribution is 2.33. The Morgan fingerprint density at radius 1 is 1.13 bits per heavy atom. The third-order valence-corrected chi connectivity index (χ3v) is 5.46. The van der Waals surface area contributed by atoms with Gasteiger partial charge >= 0.3 is 0 Å². The van der Waals surface area contributed by atoms with Gasteiger partial charge in [-0.1, -0.05) is 35.9 Å². The largest absolute Gasteiger partial charge is 0.497 e. The zero-order chi connectivity index (χ0) is 21.7. The van der Waals surface area contributed by atoms with E-state index in [2.05, 4.69) is 38.6 Å². The van der Waals surface area contributed by atoms with Crippen LogP contribution >= 0.6 is 11.3 Å². The first kappa shape index (κ1) is 21.6. The van der Waals surface area contributed by atoms with E-state index in [0.717, 1.165) is 32.9 Å². The first-order valence-corrected chi connectivity index (χ1v) is 10.5. The van der Waals surface area contributed by atoms with Gasteiger partial charge in [-0.05, 0) is 44.0 Å². The van der Waals surface area contributed by atoms with E-state index in [1.807, 2.05) is 41.4 Å². The molecule has 30 heavy (non-hydrogen) atoms. The number of aromatic nitrogens is 1. The fourth-order valence-corrected chi connectivity index (χ4v) is 3.76. The van der Waals surface area contributed by atoms with Crippen LogP contribution in [0, 0.1) is 13.8 Å². The van der Waals surface area contributed by atoms with Crippen LogP contribution in [-0.4, -0.2) is 31.7 Å². The molecule has 3 aromatic rings. The van der Waals surface area contributed by atoms with Crippen molar-refractivity contribution in [2.45, 2.75) is 20.8 Å². The van der Waals surface area contributed by atoms with Crippen molar-refractivity contribution < 1.29 is 9.47 Å². The third-order valence-electron chi connectivity index (χ3n) is 4.60. The van der Waals surface area contributed by atoms with Crippen molar-refractivity contribution in [3.63, 3.8) is 0 Å². The predicted octanol–water partition coefficient (Wildman–Crippen LogP) is 5.21. The first-order chi connectivity index (χ1) is 14.4. The smallest absolute Gasteiger partial charge is 0.206 e. The average molecular weight is 422 g/mol. The molecule has 0 spiro atoms. The Balaban J connectivity index is 2.16. The lowest BCUT2D eigenvalue weighted by atomic mass is 10.1. The molecule has 0 atom stereocenters. The normalized spacial score (nSPS) is 11.8. The molecule has 0 aliphatic carbocycles. The van der Waals surface area contributed by atoms with E-state index in [1.54, 1.807) is 14.2 Å². The Morgan fingerprint density at radius 3 is 2.63 bits per heavy atom. The van der Waals surface area contributed by atoms with Gasteiger partial charge in [-0.3, -0.25) is 4.99 Å². The molecule has 2 aromatic carbocycles. The Labute approximate surface area is 181 Å². The lowest BCUT2D eigenvalue weighted by Gasteiger charge is -2.11. The van der Waals surface area contributed by atoms with Crippen molar-refractivity contribution in [3.8, 4) is 22.8 Å². The standard InChI is InChI=1S/C24H27N3O2S/c1-16(2)13-25-24-27(26-14-19-11-17(3)7-8-18(19)4)22(15-30-24)21-10-9-20(28-5)12-23(21)29-6/h7-12,14-15H,1,13H2,2-6H3. The molecule has 1 aromatic heterocycles. The monoisotopic (exact) mass is 421 g/mol. The van der Waals surface area contributed by atoms with Gasteiger partial charge < -0.3 is 9.47 Å². The minimum Gasteiger partial charge on any atom is -0.497 e. The van der Waals surface area contributed by atoms with E-state index in [1.165, 1.54) is 22.5 Å². The number of nitrogens with zero attached hydrogens (tertiary/aromatic N) is 3. The second-order valence-electron chi connectivity index (χ2n) is 7.16. The van der Waals surface area contributed by atoms with E-state index in [9.17, 15) is 0 Å². The Hall–Kier alpha value is -3.12. The molecule has 3 rings (SSSR count). The van der Waals surface area contributed by atoms with Crippen LogP contribution in [-0.2, 0) is 0 Å². The van der Waals surface area contributed by atoms with Crippen LogP contribution in [0.1, 0.15) is 23.6 Å². The first-order valence-electron chi connectivity index (χ1n) is 9.62. The van der Waals surface area contributed by atoms with Crippen molar-refractivity contribution in [1.82, 2.24) is 4.68 Å². The van der Waals surface area contributed by atoms with Crippen LogP contribution in [0.5, 0.6) is 11.5 Å². The van der Waals surface area contributed by atoms with Crippen LogP contribution in [0.4, 0.5) is 0 Å². The molecule has 156 valence electrons. The molecule has 0 amide bonds. The SMILES string of the molecule is C=C(C)CN=c1scc(-c2ccc(OC)cc2OC)n1N=Cc1cc(C)ccc1C. The van der Waals surface area contributed by atoms with Crippen LogP contribution in [0.2, 0.25) is 0 Å². The number of benzene rings is 2. The lowest BCUT2D eigenvalue weighted by molar-refractivity contribution is 0.395. The molecular weight excluding hydrogens is 394 g/mol. The molecule has 0 saturated carbocycles. The Morgan fingerprint density at radius 2 is 1.93 bits per heavy atom. The van der Waals surface area contributed by atoms with Crippen molar-refractivity contribution in [3.05, 3.63) is 75.4 Å². The molecule has 0 aliphatic rings. The fourth-order valence-electron chi connectivity index (χ4n) is 2.94. The molecule has 0 fully saturated rings. The van der Waals surface area contributed by atoms with Crippen LogP contribution in [0.15, 0.2) is 64.0 Å². The molecule has 0 saturated heterocycles. The van der Waals surface area contributed by atoms with E-state index < -0.39 is 0 Å². The van der Waals surface area contributed by atoms with Crippen molar-refractivity contribution in [1.29, 1.82) is 0 Å². The molecule has 6 heteroatoms. The second-order valence-corrected chi connectivity index (χ2v) is 8.00. The van der Waals surface area contributed by atoms with E-state index in [4.69, 9.17) is 19.6 Å². The number of ether oxygens (including phenoxy) is 2. The summed E-state index contributed by atoms with van der Waals surface area (Å²) in [6.07, 6.45) is 1.88. The van der Waals surface area contributed by atoms with Gasteiger partial charge in [0.1, 0.15) is 11.5 Å². The Kier molecular flexibility index (Phi) is 6.90. The maximum atomic E-state index is 5.62. The topological polar surface area (TPSA) is 48.1 Å². The molecule has 1 heterocycles. The Bertz CT molecular complexity index is 1160. The molecule has 0 aliphatic heterocycles. The van der Waals surface area contributed by atoms with Crippen molar-refractivity contribution in [2.75, 3.05) is 20.8 Å². The number of hydrogen-bond donors (Lipinski definition) is 0. The fraction of sp³-hybridized carbons (Fsp3) is 0.250. The van der Waals surface area contributed by atoms with E-state index in [-0.39, 0.29) is 0 Å². The maximum absolute atomic E-state index is 5.62. The summed E-state index contributed by atoms with van der Waals surface area (Å²) in [7, 11) is 3.29. The lowest BCUT2D eigenvalue weighted by Crippen LogP contribution is -2.13. The van der Waals surface area contributed by atoms with Gasteiger partial charge in [-0.2, -0.15) is 5.10 Å². The highest BCUT2D eigenvalue weighted by molar-refractivity contribution is 7.07. The number of methoxy groups -OCH3 is 2. The summed E-state index contributed by atoms with van der Waals surface area (Å²) < 4.78 is 12.8. The summed E-state index contributed by atoms with van der Waals surface area (Å²) >= 11 is 1.54. The van der Waals surface area contributed by atoms with Gasteiger partial charge in [0.05, 0.1) is 32.7 Å². The quantitative estimate of drug-likeness (QED) is 0.388. The van der Waals surface area contributed by atoms with Crippen LogP contribution < -0.4 is 14.3 Å². The predicted molar refractivity (Wildman–Crippen MR) is 125 cm³/mol. The van der Waals surface area contributed by atoms with Gasteiger partial charge in [0.2, 0.25) is 4.80 Å². The molecule has 0 unspecified atom stereocenters. The zero-order valence-electron chi connectivity index (χ0n) is 18.1. The number of thiazole rings is 1. The number of rotatable bonds is 7. The minimum atomic E-state index is 0.554. The van der Waals surface area contributed by atoms with E-state index in [0.29, 0.717) is 12.3 Å². The van der Waals surface area contributed by atoms with Crippen molar-refractivity contribution >= 4 is 17.6 Å². The summed E-state index contributed by atoms with van der Waals surface area (Å²) in [5, 5.41) is 6.85. The maximum Gasteiger partial charge on any atom is 0.206 e. The highest BCUT2D eigenvalue weighted by atomic mass is 32.1. The number of hydrogen-bond acceptors (Lipinski definition) is 5. The molecule has 5 nitrogen and oxygen atoms in total. The molecular formula is C24H27N3O2S. The van der Waals surface area contributed by atoms with Gasteiger partial charge in [-0.25, -0.2) is 4.68 Å². The summed E-state index contributed by atoms with van der Waals surface area (Å²) in [6, 6.07) is 12.1. The summed E-state index contributed by atoms with van der Waals surface area (Å²) in [5.41, 5.74) is 6.26. The third kappa shape index (κ3) is 4.89.